The van der Waals surface area contributed by atoms with Crippen molar-refractivity contribution < 1.29 is 9.47 Å². The molecule has 0 amide bonds. The molecule has 1 atom stereocenters. The molecular weight excluding hydrogens is 234 g/mol. The molecule has 1 unspecified atom stereocenters. The molecule has 0 saturated heterocycles. The zero-order valence-corrected chi connectivity index (χ0v) is 11.6. The second kappa shape index (κ2) is 9.59. The van der Waals surface area contributed by atoms with Crippen molar-refractivity contribution in [1.29, 1.82) is 0 Å². The smallest absolute Gasteiger partial charge is 0.0700 e. The highest BCUT2D eigenvalue weighted by molar-refractivity contribution is 7.10. The van der Waals surface area contributed by atoms with Crippen LogP contribution >= 0.6 is 11.3 Å². The van der Waals surface area contributed by atoms with Crippen LogP contribution in [0.4, 0.5) is 0 Å². The van der Waals surface area contributed by atoms with Crippen molar-refractivity contribution in [3.63, 3.8) is 0 Å². The minimum absolute atomic E-state index is 0.494. The lowest BCUT2D eigenvalue weighted by atomic mass is 10.2. The molecule has 0 fully saturated rings. The lowest BCUT2D eigenvalue weighted by Crippen LogP contribution is -2.22. The van der Waals surface area contributed by atoms with Crippen LogP contribution in [0.15, 0.2) is 17.5 Å². The van der Waals surface area contributed by atoms with E-state index in [9.17, 15) is 0 Å². The van der Waals surface area contributed by atoms with Gasteiger partial charge in [-0.15, -0.1) is 11.3 Å². The fourth-order valence-electron chi connectivity index (χ4n) is 1.63. The van der Waals surface area contributed by atoms with E-state index >= 15 is 0 Å². The zero-order chi connectivity index (χ0) is 12.3. The molecule has 0 aliphatic carbocycles. The first-order chi connectivity index (χ1) is 8.38. The van der Waals surface area contributed by atoms with Gasteiger partial charge in [-0.05, 0) is 30.8 Å². The van der Waals surface area contributed by atoms with E-state index in [2.05, 4.69) is 29.8 Å². The fourth-order valence-corrected chi connectivity index (χ4v) is 2.52. The maximum absolute atomic E-state index is 5.42. The van der Waals surface area contributed by atoms with Crippen molar-refractivity contribution in [3.8, 4) is 0 Å². The van der Waals surface area contributed by atoms with Crippen LogP contribution in [0.5, 0.6) is 0 Å². The van der Waals surface area contributed by atoms with Gasteiger partial charge in [-0.3, -0.25) is 0 Å². The van der Waals surface area contributed by atoms with E-state index in [1.165, 1.54) is 4.88 Å². The second-order valence-electron chi connectivity index (χ2n) is 3.89. The first-order valence-corrected chi connectivity index (χ1v) is 7.10. The van der Waals surface area contributed by atoms with Crippen LogP contribution < -0.4 is 5.32 Å². The molecule has 1 N–H and O–H groups in total. The van der Waals surface area contributed by atoms with Crippen LogP contribution in [0.25, 0.3) is 0 Å². The van der Waals surface area contributed by atoms with Crippen molar-refractivity contribution in [2.45, 2.75) is 25.8 Å². The Kier molecular flexibility index (Phi) is 8.26. The summed E-state index contributed by atoms with van der Waals surface area (Å²) in [6.45, 7) is 5.39. The van der Waals surface area contributed by atoms with E-state index in [-0.39, 0.29) is 0 Å². The molecule has 4 heteroatoms. The number of hydrogen-bond acceptors (Lipinski definition) is 4. The minimum Gasteiger partial charge on any atom is -0.382 e. The van der Waals surface area contributed by atoms with Gasteiger partial charge < -0.3 is 14.8 Å². The summed E-state index contributed by atoms with van der Waals surface area (Å²) in [5.41, 5.74) is 0. The van der Waals surface area contributed by atoms with Crippen LogP contribution in [0, 0.1) is 0 Å². The van der Waals surface area contributed by atoms with E-state index in [4.69, 9.17) is 9.47 Å². The number of rotatable bonds is 10. The van der Waals surface area contributed by atoms with Gasteiger partial charge in [0.1, 0.15) is 0 Å². The van der Waals surface area contributed by atoms with Crippen molar-refractivity contribution in [2.75, 3.05) is 33.5 Å². The van der Waals surface area contributed by atoms with Gasteiger partial charge in [0.05, 0.1) is 13.2 Å². The minimum atomic E-state index is 0.494. The predicted molar refractivity (Wildman–Crippen MR) is 72.7 cm³/mol. The van der Waals surface area contributed by atoms with Crippen LogP contribution in [0.3, 0.4) is 0 Å². The van der Waals surface area contributed by atoms with Gasteiger partial charge in [-0.2, -0.15) is 0 Å². The lowest BCUT2D eigenvalue weighted by molar-refractivity contribution is 0.0692. The Bertz CT molecular complexity index is 264. The topological polar surface area (TPSA) is 30.5 Å². The lowest BCUT2D eigenvalue weighted by Gasteiger charge is -2.15. The summed E-state index contributed by atoms with van der Waals surface area (Å²) in [6.07, 6.45) is 2.18. The maximum atomic E-state index is 5.42. The number of hydrogen-bond donors (Lipinski definition) is 1. The highest BCUT2D eigenvalue weighted by Gasteiger charge is 2.08. The van der Waals surface area contributed by atoms with Crippen molar-refractivity contribution in [1.82, 2.24) is 5.32 Å². The average molecular weight is 257 g/mol. The van der Waals surface area contributed by atoms with E-state index in [0.29, 0.717) is 19.3 Å². The first-order valence-electron chi connectivity index (χ1n) is 6.22. The summed E-state index contributed by atoms with van der Waals surface area (Å²) in [4.78, 5) is 1.42. The molecule has 0 radical (unpaired) electrons. The summed E-state index contributed by atoms with van der Waals surface area (Å²) >= 11 is 1.82. The number of methoxy groups -OCH3 is 1. The van der Waals surface area contributed by atoms with E-state index in [0.717, 1.165) is 26.0 Å². The highest BCUT2D eigenvalue weighted by atomic mass is 32.1. The highest BCUT2D eigenvalue weighted by Crippen LogP contribution is 2.21. The van der Waals surface area contributed by atoms with Crippen LogP contribution in [0.2, 0.25) is 0 Å². The summed E-state index contributed by atoms with van der Waals surface area (Å²) in [5, 5.41) is 5.69. The molecule has 17 heavy (non-hydrogen) atoms. The van der Waals surface area contributed by atoms with Crippen molar-refractivity contribution in [2.24, 2.45) is 0 Å². The number of nitrogens with one attached hydrogen (secondary N) is 1. The quantitative estimate of drug-likeness (QED) is 0.654. The van der Waals surface area contributed by atoms with Crippen LogP contribution in [0.1, 0.15) is 30.7 Å². The van der Waals surface area contributed by atoms with Gasteiger partial charge in [0, 0.05) is 24.6 Å². The molecule has 0 aliphatic rings. The van der Waals surface area contributed by atoms with Crippen molar-refractivity contribution >= 4 is 11.3 Å². The third kappa shape index (κ3) is 6.17. The molecule has 0 aromatic carbocycles. The van der Waals surface area contributed by atoms with Gasteiger partial charge >= 0.3 is 0 Å². The molecule has 0 spiro atoms. The van der Waals surface area contributed by atoms with Crippen LogP contribution in [-0.4, -0.2) is 33.5 Å². The van der Waals surface area contributed by atoms with Gasteiger partial charge in [0.2, 0.25) is 0 Å². The summed E-state index contributed by atoms with van der Waals surface area (Å²) in [7, 11) is 1.69. The maximum Gasteiger partial charge on any atom is 0.0700 e. The Morgan fingerprint density at radius 3 is 2.88 bits per heavy atom. The molecule has 98 valence electrons. The third-order valence-electron chi connectivity index (χ3n) is 2.58. The van der Waals surface area contributed by atoms with Gasteiger partial charge in [-0.1, -0.05) is 13.0 Å². The molecule has 0 saturated carbocycles. The second-order valence-corrected chi connectivity index (χ2v) is 4.87. The predicted octanol–water partition coefficient (Wildman–Crippen LogP) is 2.84. The monoisotopic (exact) mass is 257 g/mol. The average Bonchev–Trinajstić information content (AvgIpc) is 2.86. The molecule has 0 aliphatic heterocycles. The first kappa shape index (κ1) is 14.6. The molecule has 3 nitrogen and oxygen atoms in total. The molecular formula is C13H23NO2S. The normalized spacial score (nSPS) is 12.8. The number of thiophene rings is 1. The van der Waals surface area contributed by atoms with Crippen LogP contribution in [-0.2, 0) is 9.47 Å². The van der Waals surface area contributed by atoms with Crippen molar-refractivity contribution in [3.05, 3.63) is 22.4 Å². The zero-order valence-electron chi connectivity index (χ0n) is 10.8. The van der Waals surface area contributed by atoms with E-state index in [1.807, 2.05) is 11.3 Å². The standard InChI is InChI=1S/C13H23NO2S/c1-3-12(13-6-4-11-17-13)14-7-5-8-16-10-9-15-2/h4,6,11-12,14H,3,5,7-10H2,1-2H3. The van der Waals surface area contributed by atoms with E-state index in [1.54, 1.807) is 7.11 Å². The molecule has 0 bridgehead atoms. The Morgan fingerprint density at radius 1 is 1.35 bits per heavy atom. The Morgan fingerprint density at radius 2 is 2.24 bits per heavy atom. The molecule has 1 heterocycles. The Hall–Kier alpha value is -0.420. The summed E-state index contributed by atoms with van der Waals surface area (Å²) in [6, 6.07) is 4.80. The van der Waals surface area contributed by atoms with Gasteiger partial charge in [0.25, 0.3) is 0 Å². The summed E-state index contributed by atoms with van der Waals surface area (Å²) < 4.78 is 10.3. The van der Waals surface area contributed by atoms with Gasteiger partial charge in [-0.25, -0.2) is 0 Å². The molecule has 1 aromatic heterocycles. The Balaban J connectivity index is 2.04. The largest absolute Gasteiger partial charge is 0.382 e. The van der Waals surface area contributed by atoms with E-state index < -0.39 is 0 Å². The molecule has 1 rings (SSSR count). The number of ether oxygens (including phenoxy) is 2. The molecule has 1 aromatic rings. The Labute approximate surface area is 108 Å². The third-order valence-corrected chi connectivity index (χ3v) is 3.57. The SMILES string of the molecule is CCC(NCCCOCCOC)c1cccs1. The summed E-state index contributed by atoms with van der Waals surface area (Å²) in [5.74, 6) is 0. The fraction of sp³-hybridized carbons (Fsp3) is 0.692. The van der Waals surface area contributed by atoms with Gasteiger partial charge in [0.15, 0.2) is 0 Å².